The summed E-state index contributed by atoms with van der Waals surface area (Å²) >= 11 is 3.31. The van der Waals surface area contributed by atoms with E-state index in [9.17, 15) is 4.21 Å². The Morgan fingerprint density at radius 1 is 1.36 bits per heavy atom. The quantitative estimate of drug-likeness (QED) is 0.766. The summed E-state index contributed by atoms with van der Waals surface area (Å²) in [5.41, 5.74) is 0. The van der Waals surface area contributed by atoms with E-state index in [4.69, 9.17) is 10.7 Å². The highest BCUT2D eigenvalue weighted by Gasteiger charge is 2.23. The van der Waals surface area contributed by atoms with E-state index in [0.29, 0.717) is 4.90 Å². The van der Waals surface area contributed by atoms with E-state index in [0.717, 1.165) is 17.3 Å². The van der Waals surface area contributed by atoms with Crippen LogP contribution < -0.4 is 0 Å². The molecule has 0 aromatic heterocycles. The number of rotatable bonds is 2. The zero-order valence-corrected chi connectivity index (χ0v) is 10.5. The van der Waals surface area contributed by atoms with Crippen LogP contribution in [0.3, 0.4) is 0 Å². The molecule has 1 aromatic carbocycles. The molecule has 0 saturated heterocycles. The fourth-order valence-electron chi connectivity index (χ4n) is 1.03. The first-order valence-corrected chi connectivity index (χ1v) is 7.43. The van der Waals surface area contributed by atoms with E-state index in [1.54, 1.807) is 12.1 Å². The zero-order chi connectivity index (χ0) is 10.2. The number of benzene rings is 1. The zero-order valence-electron chi connectivity index (χ0n) is 7.32. The summed E-state index contributed by atoms with van der Waals surface area (Å²) in [5, 5.41) is 0. The Kier molecular flexibility index (Phi) is 2.86. The van der Waals surface area contributed by atoms with Gasteiger partial charge in [-0.1, -0.05) is 15.9 Å². The number of halogens is 2. The van der Waals surface area contributed by atoms with Gasteiger partial charge in [-0.2, -0.15) is 0 Å². The largest absolute Gasteiger partial charge is 0.228 e. The molecule has 1 fully saturated rings. The highest BCUT2D eigenvalue weighted by molar-refractivity contribution is 9.10. The third kappa shape index (κ3) is 2.49. The Labute approximate surface area is 96.5 Å². The summed E-state index contributed by atoms with van der Waals surface area (Å²) < 4.78 is 17.0. The van der Waals surface area contributed by atoms with Gasteiger partial charge in [0.25, 0.3) is 0 Å². The maximum absolute atomic E-state index is 11.9. The van der Waals surface area contributed by atoms with Crippen LogP contribution in [0.2, 0.25) is 0 Å². The SMILES string of the molecule is O=S(Cl)(=NC1CC1)c1ccc(Br)cc1. The Bertz CT molecular complexity index is 446. The van der Waals surface area contributed by atoms with Crippen LogP contribution in [0.1, 0.15) is 12.8 Å². The second-order valence-corrected chi connectivity index (χ2v) is 7.02. The molecule has 1 aliphatic rings. The van der Waals surface area contributed by atoms with Crippen LogP contribution in [0.4, 0.5) is 0 Å². The molecule has 0 aliphatic heterocycles. The first-order valence-electron chi connectivity index (χ1n) is 4.29. The van der Waals surface area contributed by atoms with Crippen LogP contribution in [-0.2, 0) is 8.94 Å². The first-order chi connectivity index (χ1) is 6.58. The Balaban J connectivity index is 2.38. The summed E-state index contributed by atoms with van der Waals surface area (Å²) in [7, 11) is 3.21. The lowest BCUT2D eigenvalue weighted by atomic mass is 10.4. The molecule has 5 heteroatoms. The lowest BCUT2D eigenvalue weighted by molar-refractivity contribution is 0.683. The van der Waals surface area contributed by atoms with Gasteiger partial charge in [0, 0.05) is 15.2 Å². The van der Waals surface area contributed by atoms with Crippen LogP contribution in [0.25, 0.3) is 0 Å². The summed E-state index contributed by atoms with van der Waals surface area (Å²) in [6.45, 7) is 0. The minimum absolute atomic E-state index is 0.212. The van der Waals surface area contributed by atoms with Crippen LogP contribution in [0, 0.1) is 0 Å². The third-order valence-electron chi connectivity index (χ3n) is 1.94. The van der Waals surface area contributed by atoms with E-state index >= 15 is 0 Å². The fraction of sp³-hybridized carbons (Fsp3) is 0.333. The van der Waals surface area contributed by atoms with Gasteiger partial charge < -0.3 is 0 Å². The lowest BCUT2D eigenvalue weighted by Crippen LogP contribution is -1.92. The van der Waals surface area contributed by atoms with Crippen LogP contribution in [-0.4, -0.2) is 10.3 Å². The highest BCUT2D eigenvalue weighted by Crippen LogP contribution is 2.29. The topological polar surface area (TPSA) is 29.4 Å². The number of hydrogen-bond donors (Lipinski definition) is 0. The lowest BCUT2D eigenvalue weighted by Gasteiger charge is -2.01. The second-order valence-electron chi connectivity index (χ2n) is 3.25. The van der Waals surface area contributed by atoms with Gasteiger partial charge in [-0.15, -0.1) is 0 Å². The van der Waals surface area contributed by atoms with Crippen molar-refractivity contribution in [3.63, 3.8) is 0 Å². The van der Waals surface area contributed by atoms with E-state index in [1.807, 2.05) is 12.1 Å². The van der Waals surface area contributed by atoms with Crippen molar-refractivity contribution >= 4 is 35.6 Å². The molecule has 1 atom stereocenters. The maximum atomic E-state index is 11.9. The van der Waals surface area contributed by atoms with Gasteiger partial charge in [-0.25, -0.2) is 8.57 Å². The van der Waals surface area contributed by atoms with Gasteiger partial charge in [0.1, 0.15) is 0 Å². The van der Waals surface area contributed by atoms with Crippen molar-refractivity contribution in [2.24, 2.45) is 4.36 Å². The normalized spacial score (nSPS) is 20.1. The molecule has 1 aromatic rings. The van der Waals surface area contributed by atoms with Gasteiger partial charge in [-0.05, 0) is 37.1 Å². The van der Waals surface area contributed by atoms with Crippen LogP contribution in [0.5, 0.6) is 0 Å². The van der Waals surface area contributed by atoms with Crippen LogP contribution in [0.15, 0.2) is 38.0 Å². The minimum Gasteiger partial charge on any atom is -0.228 e. The molecule has 0 amide bonds. The molecule has 1 saturated carbocycles. The molecule has 2 rings (SSSR count). The average Bonchev–Trinajstić information content (AvgIpc) is 2.88. The Hall–Kier alpha value is -0.0600. The number of hydrogen-bond acceptors (Lipinski definition) is 2. The third-order valence-corrected chi connectivity index (χ3v) is 4.66. The molecular weight excluding hydrogens is 286 g/mol. The van der Waals surface area contributed by atoms with Crippen molar-refractivity contribution in [3.8, 4) is 0 Å². The molecule has 0 N–H and O–H groups in total. The van der Waals surface area contributed by atoms with E-state index in [-0.39, 0.29) is 6.04 Å². The summed E-state index contributed by atoms with van der Waals surface area (Å²) in [6, 6.07) is 7.33. The maximum Gasteiger partial charge on any atom is 0.159 e. The van der Waals surface area contributed by atoms with Crippen molar-refractivity contribution in [3.05, 3.63) is 28.7 Å². The van der Waals surface area contributed by atoms with E-state index in [2.05, 4.69) is 20.3 Å². The van der Waals surface area contributed by atoms with Crippen molar-refractivity contribution in [1.82, 2.24) is 0 Å². The summed E-state index contributed by atoms with van der Waals surface area (Å²) in [4.78, 5) is 0.592. The van der Waals surface area contributed by atoms with Crippen molar-refractivity contribution in [1.29, 1.82) is 0 Å². The van der Waals surface area contributed by atoms with Crippen molar-refractivity contribution < 1.29 is 4.21 Å². The summed E-state index contributed by atoms with van der Waals surface area (Å²) in [5.74, 6) is 0. The monoisotopic (exact) mass is 293 g/mol. The molecule has 2 nitrogen and oxygen atoms in total. The van der Waals surface area contributed by atoms with Gasteiger partial charge in [0.15, 0.2) is 8.94 Å². The van der Waals surface area contributed by atoms with Gasteiger partial charge in [-0.3, -0.25) is 0 Å². The highest BCUT2D eigenvalue weighted by atomic mass is 79.9. The molecule has 0 radical (unpaired) electrons. The molecule has 0 bridgehead atoms. The van der Waals surface area contributed by atoms with Gasteiger partial charge in [0.2, 0.25) is 0 Å². The molecule has 1 unspecified atom stereocenters. The molecular formula is C9H9BrClNOS. The predicted octanol–water partition coefficient (Wildman–Crippen LogP) is 3.59. The van der Waals surface area contributed by atoms with E-state index < -0.39 is 8.94 Å². The smallest absolute Gasteiger partial charge is 0.159 e. The average molecular weight is 295 g/mol. The van der Waals surface area contributed by atoms with Crippen molar-refractivity contribution in [2.75, 3.05) is 0 Å². The van der Waals surface area contributed by atoms with Gasteiger partial charge in [0.05, 0.1) is 10.9 Å². The Morgan fingerprint density at radius 3 is 2.43 bits per heavy atom. The molecule has 0 spiro atoms. The van der Waals surface area contributed by atoms with Crippen LogP contribution >= 0.6 is 26.6 Å². The molecule has 14 heavy (non-hydrogen) atoms. The summed E-state index contributed by atoms with van der Waals surface area (Å²) in [6.07, 6.45) is 2.03. The predicted molar refractivity (Wildman–Crippen MR) is 61.9 cm³/mol. The molecule has 0 heterocycles. The minimum atomic E-state index is -2.69. The molecule has 76 valence electrons. The second kappa shape index (κ2) is 3.83. The standard InChI is InChI=1S/C9H9BrClNOS/c10-7-1-5-9(6-2-7)14(11,13)12-8-3-4-8/h1-2,5-6,8H,3-4H2. The van der Waals surface area contributed by atoms with Crippen molar-refractivity contribution in [2.45, 2.75) is 23.8 Å². The first kappa shape index (κ1) is 10.5. The van der Waals surface area contributed by atoms with Gasteiger partial charge >= 0.3 is 0 Å². The number of nitrogens with zero attached hydrogens (tertiary/aromatic N) is 1. The Morgan fingerprint density at radius 2 is 1.93 bits per heavy atom. The van der Waals surface area contributed by atoms with E-state index in [1.165, 1.54) is 0 Å². The fourth-order valence-corrected chi connectivity index (χ4v) is 3.13. The molecule has 1 aliphatic carbocycles.